The van der Waals surface area contributed by atoms with Crippen LogP contribution in [0.25, 0.3) is 0 Å². The van der Waals surface area contributed by atoms with Gasteiger partial charge in [0.2, 0.25) is 0 Å². The fourth-order valence-electron chi connectivity index (χ4n) is 1.78. The second-order valence-corrected chi connectivity index (χ2v) is 5.78. The van der Waals surface area contributed by atoms with Crippen molar-refractivity contribution in [1.82, 2.24) is 0 Å². The minimum absolute atomic E-state index is 0.226. The molecule has 0 saturated heterocycles. The maximum atomic E-state index is 9.95. The monoisotopic (exact) mass is 399 g/mol. The van der Waals surface area contributed by atoms with E-state index in [1.54, 1.807) is 13.2 Å². The van der Waals surface area contributed by atoms with Crippen LogP contribution in [0.15, 0.2) is 48.5 Å². The maximum Gasteiger partial charge on any atom is 0.123 e. The van der Waals surface area contributed by atoms with Crippen molar-refractivity contribution in [1.29, 1.82) is 0 Å². The van der Waals surface area contributed by atoms with Gasteiger partial charge in [-0.25, -0.2) is 0 Å². The average Bonchev–Trinajstić information content (AvgIpc) is 2.51. The lowest BCUT2D eigenvalue weighted by Crippen LogP contribution is -2.26. The number of halogens is 1. The molecule has 0 bridgehead atoms. The quantitative estimate of drug-likeness (QED) is 0.703. The summed E-state index contributed by atoms with van der Waals surface area (Å²) in [5.74, 6) is 1.42. The third-order valence-corrected chi connectivity index (χ3v) is 3.52. The lowest BCUT2D eigenvalue weighted by molar-refractivity contribution is 0.117. The average molecular weight is 399 g/mol. The third-order valence-electron chi connectivity index (χ3n) is 2.85. The summed E-state index contributed by atoms with van der Waals surface area (Å²) in [6.07, 6.45) is -0.589. The molecule has 0 amide bonds. The van der Waals surface area contributed by atoms with E-state index >= 15 is 0 Å². The first kappa shape index (κ1) is 15.9. The fraction of sp³-hybridized carbons (Fsp3) is 0.250. The van der Waals surface area contributed by atoms with E-state index in [1.165, 1.54) is 0 Å². The summed E-state index contributed by atoms with van der Waals surface area (Å²) in [6, 6.07) is 15.3. The second-order valence-electron chi connectivity index (χ2n) is 4.54. The molecular formula is C16H18INO3. The molecule has 2 aromatic carbocycles. The maximum absolute atomic E-state index is 9.95. The molecule has 1 atom stereocenters. The summed E-state index contributed by atoms with van der Waals surface area (Å²) in [5.41, 5.74) is 0.988. The van der Waals surface area contributed by atoms with Gasteiger partial charge in [-0.2, -0.15) is 0 Å². The van der Waals surface area contributed by atoms with Crippen molar-refractivity contribution < 1.29 is 14.6 Å². The number of rotatable bonds is 7. The first-order valence-corrected chi connectivity index (χ1v) is 7.69. The van der Waals surface area contributed by atoms with E-state index in [9.17, 15) is 5.11 Å². The minimum atomic E-state index is -0.589. The van der Waals surface area contributed by atoms with E-state index in [2.05, 4.69) is 27.9 Å². The molecule has 0 heterocycles. The lowest BCUT2D eigenvalue weighted by atomic mass is 10.3. The van der Waals surface area contributed by atoms with Gasteiger partial charge >= 0.3 is 0 Å². The van der Waals surface area contributed by atoms with Gasteiger partial charge in [-0.15, -0.1) is 0 Å². The fourth-order valence-corrected chi connectivity index (χ4v) is 2.32. The summed E-state index contributed by atoms with van der Waals surface area (Å²) < 4.78 is 11.8. The highest BCUT2D eigenvalue weighted by Crippen LogP contribution is 2.19. The molecule has 0 aromatic heterocycles. The van der Waals surface area contributed by atoms with Gasteiger partial charge in [-0.1, -0.05) is 12.1 Å². The van der Waals surface area contributed by atoms with E-state index in [0.717, 1.165) is 15.0 Å². The van der Waals surface area contributed by atoms with Gasteiger partial charge in [-0.3, -0.25) is 0 Å². The summed E-state index contributed by atoms with van der Waals surface area (Å²) in [6.45, 7) is 0.661. The van der Waals surface area contributed by atoms with Crippen LogP contribution in [0.4, 0.5) is 5.69 Å². The molecule has 1 unspecified atom stereocenters. The predicted molar refractivity (Wildman–Crippen MR) is 92.1 cm³/mol. The molecule has 5 heteroatoms. The number of aliphatic hydroxyl groups excluding tert-OH is 1. The van der Waals surface area contributed by atoms with Crippen LogP contribution in [0.1, 0.15) is 0 Å². The zero-order chi connectivity index (χ0) is 15.1. The van der Waals surface area contributed by atoms with Crippen molar-refractivity contribution in [3.05, 3.63) is 52.1 Å². The summed E-state index contributed by atoms with van der Waals surface area (Å²) in [5, 5.41) is 13.1. The van der Waals surface area contributed by atoms with Crippen LogP contribution in [0, 0.1) is 3.57 Å². The van der Waals surface area contributed by atoms with Crippen molar-refractivity contribution in [2.24, 2.45) is 0 Å². The molecular weight excluding hydrogens is 381 g/mol. The van der Waals surface area contributed by atoms with Crippen molar-refractivity contribution >= 4 is 28.3 Å². The molecule has 0 radical (unpaired) electrons. The van der Waals surface area contributed by atoms with Gasteiger partial charge in [0.05, 0.1) is 7.11 Å². The molecule has 0 aliphatic heterocycles. The molecule has 0 saturated carbocycles. The Morgan fingerprint density at radius 1 is 1.14 bits per heavy atom. The number of ether oxygens (including phenoxy) is 2. The first-order valence-electron chi connectivity index (χ1n) is 6.62. The van der Waals surface area contributed by atoms with E-state index in [-0.39, 0.29) is 6.61 Å². The standard InChI is InChI=1S/C16H18INO3/c1-20-15-6-3-7-16(9-15)21-11-14(19)10-18-13-5-2-4-12(17)8-13/h2-9,14,18-19H,10-11H2,1H3. The highest BCUT2D eigenvalue weighted by molar-refractivity contribution is 14.1. The van der Waals surface area contributed by atoms with Gasteiger partial charge in [0, 0.05) is 21.9 Å². The van der Waals surface area contributed by atoms with Gasteiger partial charge in [0.1, 0.15) is 24.2 Å². The Hall–Kier alpha value is -1.47. The number of hydrogen-bond acceptors (Lipinski definition) is 4. The minimum Gasteiger partial charge on any atom is -0.497 e. The molecule has 2 aromatic rings. The van der Waals surface area contributed by atoms with Gasteiger partial charge in [-0.05, 0) is 52.9 Å². The summed E-state index contributed by atoms with van der Waals surface area (Å²) in [4.78, 5) is 0. The third kappa shape index (κ3) is 5.43. The Bertz CT molecular complexity index is 577. The van der Waals surface area contributed by atoms with Gasteiger partial charge in [0.25, 0.3) is 0 Å². The number of nitrogens with one attached hydrogen (secondary N) is 1. The number of methoxy groups -OCH3 is 1. The normalized spacial score (nSPS) is 11.8. The Morgan fingerprint density at radius 2 is 1.90 bits per heavy atom. The van der Waals surface area contributed by atoms with E-state index in [0.29, 0.717) is 12.3 Å². The van der Waals surface area contributed by atoms with Crippen LogP contribution in [-0.4, -0.2) is 31.5 Å². The largest absolute Gasteiger partial charge is 0.497 e. The highest BCUT2D eigenvalue weighted by Gasteiger charge is 2.06. The van der Waals surface area contributed by atoms with Crippen LogP contribution < -0.4 is 14.8 Å². The number of hydrogen-bond donors (Lipinski definition) is 2. The van der Waals surface area contributed by atoms with E-state index < -0.39 is 6.10 Å². The Kier molecular flexibility index (Phi) is 6.13. The molecule has 2 rings (SSSR count). The molecule has 4 nitrogen and oxygen atoms in total. The van der Waals surface area contributed by atoms with Crippen LogP contribution in [0.5, 0.6) is 11.5 Å². The zero-order valence-corrected chi connectivity index (χ0v) is 13.9. The smallest absolute Gasteiger partial charge is 0.123 e. The molecule has 0 aliphatic rings. The highest BCUT2D eigenvalue weighted by atomic mass is 127. The number of benzene rings is 2. The Morgan fingerprint density at radius 3 is 2.67 bits per heavy atom. The first-order chi connectivity index (χ1) is 10.2. The molecule has 0 spiro atoms. The van der Waals surface area contributed by atoms with E-state index in [4.69, 9.17) is 9.47 Å². The SMILES string of the molecule is COc1cccc(OCC(O)CNc2cccc(I)c2)c1. The predicted octanol–water partition coefficient (Wildman–Crippen LogP) is 3.15. The number of aliphatic hydroxyl groups is 1. The molecule has 2 N–H and O–H groups in total. The van der Waals surface area contributed by atoms with Crippen LogP contribution in [0.3, 0.4) is 0 Å². The summed E-state index contributed by atoms with van der Waals surface area (Å²) >= 11 is 2.25. The summed E-state index contributed by atoms with van der Waals surface area (Å²) in [7, 11) is 1.61. The molecule has 21 heavy (non-hydrogen) atoms. The lowest BCUT2D eigenvalue weighted by Gasteiger charge is -2.14. The second kappa shape index (κ2) is 8.09. The molecule has 0 aliphatic carbocycles. The van der Waals surface area contributed by atoms with Gasteiger partial charge in [0.15, 0.2) is 0 Å². The van der Waals surface area contributed by atoms with Crippen molar-refractivity contribution in [2.45, 2.75) is 6.10 Å². The zero-order valence-electron chi connectivity index (χ0n) is 11.8. The topological polar surface area (TPSA) is 50.7 Å². The Labute approximate surface area is 138 Å². The van der Waals surface area contributed by atoms with Crippen LogP contribution in [0.2, 0.25) is 0 Å². The molecule has 112 valence electrons. The van der Waals surface area contributed by atoms with Crippen LogP contribution >= 0.6 is 22.6 Å². The Balaban J connectivity index is 1.78. The molecule has 0 fully saturated rings. The van der Waals surface area contributed by atoms with Crippen LogP contribution in [-0.2, 0) is 0 Å². The number of anilines is 1. The van der Waals surface area contributed by atoms with Crippen molar-refractivity contribution in [3.8, 4) is 11.5 Å². The van der Waals surface area contributed by atoms with Crippen molar-refractivity contribution in [2.75, 3.05) is 25.6 Å². The van der Waals surface area contributed by atoms with Crippen molar-refractivity contribution in [3.63, 3.8) is 0 Å². The van der Waals surface area contributed by atoms with E-state index in [1.807, 2.05) is 42.5 Å². The van der Waals surface area contributed by atoms with Gasteiger partial charge < -0.3 is 19.9 Å².